The number of aliphatic hydroxyl groups excluding tert-OH is 1. The van der Waals surface area contributed by atoms with Gasteiger partial charge in [-0.1, -0.05) is 19.1 Å². The number of benzene rings is 2. The van der Waals surface area contributed by atoms with Crippen LogP contribution in [0.1, 0.15) is 18.9 Å². The standard InChI is InChI=1S/C19H21NO4/c1-3-13(11-21)20-10-12-5-4-6-16-18(22)15-8-7-14(23-2)9-17(15)24-19(12)16/h4-9,13,20-21H,3,10-11H2,1-2H3. The molecule has 2 N–H and O–H groups in total. The second kappa shape index (κ2) is 7.03. The molecule has 1 atom stereocenters. The lowest BCUT2D eigenvalue weighted by Crippen LogP contribution is -2.31. The Morgan fingerprint density at radius 2 is 2.08 bits per heavy atom. The molecule has 0 radical (unpaired) electrons. The van der Waals surface area contributed by atoms with Crippen LogP contribution in [0.3, 0.4) is 0 Å². The van der Waals surface area contributed by atoms with E-state index >= 15 is 0 Å². The molecule has 0 aliphatic carbocycles. The topological polar surface area (TPSA) is 71.7 Å². The smallest absolute Gasteiger partial charge is 0.200 e. The Labute approximate surface area is 139 Å². The molecule has 3 aromatic rings. The normalized spacial score (nSPS) is 12.6. The highest BCUT2D eigenvalue weighted by Gasteiger charge is 2.12. The first kappa shape index (κ1) is 16.5. The Morgan fingerprint density at radius 3 is 2.79 bits per heavy atom. The van der Waals surface area contributed by atoms with Crippen molar-refractivity contribution in [1.82, 2.24) is 5.32 Å². The predicted molar refractivity (Wildman–Crippen MR) is 94.5 cm³/mol. The summed E-state index contributed by atoms with van der Waals surface area (Å²) in [6, 6.07) is 10.8. The fourth-order valence-corrected chi connectivity index (χ4v) is 2.77. The molecular formula is C19H21NO4. The molecule has 1 aromatic heterocycles. The largest absolute Gasteiger partial charge is 0.497 e. The molecule has 24 heavy (non-hydrogen) atoms. The van der Waals surface area contributed by atoms with E-state index in [2.05, 4.69) is 5.32 Å². The Balaban J connectivity index is 2.12. The van der Waals surface area contributed by atoms with Crippen molar-refractivity contribution >= 4 is 21.9 Å². The number of fused-ring (bicyclic) bond motifs is 2. The maximum Gasteiger partial charge on any atom is 0.200 e. The third-order valence-electron chi connectivity index (χ3n) is 4.28. The maximum atomic E-state index is 12.7. The first-order valence-corrected chi connectivity index (χ1v) is 8.04. The Kier molecular flexibility index (Phi) is 4.83. The van der Waals surface area contributed by atoms with E-state index in [1.165, 1.54) is 0 Å². The quantitative estimate of drug-likeness (QED) is 0.681. The minimum Gasteiger partial charge on any atom is -0.497 e. The van der Waals surface area contributed by atoms with Gasteiger partial charge in [-0.3, -0.25) is 4.79 Å². The molecule has 5 heteroatoms. The van der Waals surface area contributed by atoms with Crippen molar-refractivity contribution in [3.63, 3.8) is 0 Å². The van der Waals surface area contributed by atoms with Crippen molar-refractivity contribution < 1.29 is 14.3 Å². The highest BCUT2D eigenvalue weighted by atomic mass is 16.5. The number of hydrogen-bond acceptors (Lipinski definition) is 5. The molecule has 0 bridgehead atoms. The van der Waals surface area contributed by atoms with Crippen LogP contribution in [0.25, 0.3) is 21.9 Å². The average Bonchev–Trinajstić information content (AvgIpc) is 2.62. The van der Waals surface area contributed by atoms with Crippen molar-refractivity contribution in [2.75, 3.05) is 13.7 Å². The molecule has 0 aliphatic heterocycles. The molecule has 0 amide bonds. The highest BCUT2D eigenvalue weighted by molar-refractivity contribution is 5.91. The van der Waals surface area contributed by atoms with Crippen molar-refractivity contribution in [3.05, 3.63) is 52.2 Å². The first-order valence-electron chi connectivity index (χ1n) is 8.04. The summed E-state index contributed by atoms with van der Waals surface area (Å²) in [6.45, 7) is 2.61. The van der Waals surface area contributed by atoms with Gasteiger partial charge in [-0.05, 0) is 24.6 Å². The lowest BCUT2D eigenvalue weighted by molar-refractivity contribution is 0.238. The summed E-state index contributed by atoms with van der Waals surface area (Å²) in [7, 11) is 1.58. The van der Waals surface area contributed by atoms with Crippen LogP contribution in [0.2, 0.25) is 0 Å². The lowest BCUT2D eigenvalue weighted by atomic mass is 10.1. The Hall–Kier alpha value is -2.37. The van der Waals surface area contributed by atoms with Crippen LogP contribution in [0.15, 0.2) is 45.6 Å². The fraction of sp³-hybridized carbons (Fsp3) is 0.316. The minimum absolute atomic E-state index is 0.0209. The summed E-state index contributed by atoms with van der Waals surface area (Å²) < 4.78 is 11.2. The second-order valence-corrected chi connectivity index (χ2v) is 5.76. The van der Waals surface area contributed by atoms with Crippen LogP contribution >= 0.6 is 0 Å². The van der Waals surface area contributed by atoms with Gasteiger partial charge in [0, 0.05) is 24.2 Å². The number of hydrogen-bond donors (Lipinski definition) is 2. The zero-order valence-electron chi connectivity index (χ0n) is 13.8. The number of methoxy groups -OCH3 is 1. The molecule has 1 unspecified atom stereocenters. The molecule has 0 saturated carbocycles. The summed E-state index contributed by atoms with van der Waals surface area (Å²) in [4.78, 5) is 12.7. The van der Waals surface area contributed by atoms with Gasteiger partial charge in [-0.2, -0.15) is 0 Å². The van der Waals surface area contributed by atoms with E-state index in [9.17, 15) is 9.90 Å². The predicted octanol–water partition coefficient (Wildman–Crippen LogP) is 2.82. The van der Waals surface area contributed by atoms with Crippen LogP contribution < -0.4 is 15.5 Å². The van der Waals surface area contributed by atoms with E-state index in [4.69, 9.17) is 9.15 Å². The Bertz CT molecular complexity index is 912. The lowest BCUT2D eigenvalue weighted by Gasteiger charge is -2.14. The van der Waals surface area contributed by atoms with E-state index in [0.29, 0.717) is 34.2 Å². The van der Waals surface area contributed by atoms with Crippen LogP contribution in [0.5, 0.6) is 5.75 Å². The second-order valence-electron chi connectivity index (χ2n) is 5.76. The van der Waals surface area contributed by atoms with Gasteiger partial charge in [0.05, 0.1) is 24.5 Å². The zero-order chi connectivity index (χ0) is 17.1. The summed E-state index contributed by atoms with van der Waals surface area (Å²) >= 11 is 0. The number of rotatable bonds is 6. The van der Waals surface area contributed by atoms with Crippen molar-refractivity contribution in [2.24, 2.45) is 0 Å². The molecule has 0 aliphatic rings. The van der Waals surface area contributed by atoms with E-state index in [0.717, 1.165) is 12.0 Å². The molecule has 126 valence electrons. The van der Waals surface area contributed by atoms with Gasteiger partial charge in [0.1, 0.15) is 16.9 Å². The monoisotopic (exact) mass is 327 g/mol. The number of aliphatic hydroxyl groups is 1. The van der Waals surface area contributed by atoms with Gasteiger partial charge in [0.15, 0.2) is 0 Å². The average molecular weight is 327 g/mol. The van der Waals surface area contributed by atoms with Crippen LogP contribution in [0.4, 0.5) is 0 Å². The van der Waals surface area contributed by atoms with Crippen LogP contribution in [-0.4, -0.2) is 24.9 Å². The van der Waals surface area contributed by atoms with Gasteiger partial charge >= 0.3 is 0 Å². The fourth-order valence-electron chi connectivity index (χ4n) is 2.77. The van der Waals surface area contributed by atoms with Gasteiger partial charge < -0.3 is 19.6 Å². The Morgan fingerprint density at radius 1 is 1.25 bits per heavy atom. The van der Waals surface area contributed by atoms with E-state index in [-0.39, 0.29) is 18.1 Å². The van der Waals surface area contributed by atoms with E-state index in [1.807, 2.05) is 19.1 Å². The first-order chi connectivity index (χ1) is 11.7. The van der Waals surface area contributed by atoms with Gasteiger partial charge in [0.2, 0.25) is 5.43 Å². The summed E-state index contributed by atoms with van der Waals surface area (Å²) in [5, 5.41) is 13.7. The molecule has 5 nitrogen and oxygen atoms in total. The molecule has 2 aromatic carbocycles. The molecule has 0 spiro atoms. The third-order valence-corrected chi connectivity index (χ3v) is 4.28. The molecule has 0 fully saturated rings. The van der Waals surface area contributed by atoms with Crippen molar-refractivity contribution in [2.45, 2.75) is 25.9 Å². The summed E-state index contributed by atoms with van der Waals surface area (Å²) in [5.74, 6) is 0.645. The van der Waals surface area contributed by atoms with Crippen LogP contribution in [0, 0.1) is 0 Å². The summed E-state index contributed by atoms with van der Waals surface area (Å²) in [5.41, 5.74) is 1.92. The minimum atomic E-state index is -0.0510. The molecule has 1 heterocycles. The van der Waals surface area contributed by atoms with Crippen LogP contribution in [-0.2, 0) is 6.54 Å². The van der Waals surface area contributed by atoms with E-state index < -0.39 is 0 Å². The number of nitrogens with one attached hydrogen (secondary N) is 1. The van der Waals surface area contributed by atoms with Crippen molar-refractivity contribution in [1.29, 1.82) is 0 Å². The number of ether oxygens (including phenoxy) is 1. The van der Waals surface area contributed by atoms with Crippen molar-refractivity contribution in [3.8, 4) is 5.75 Å². The third kappa shape index (κ3) is 3.00. The zero-order valence-corrected chi connectivity index (χ0v) is 13.8. The number of para-hydroxylation sites is 1. The van der Waals surface area contributed by atoms with Gasteiger partial charge in [0.25, 0.3) is 0 Å². The molecular weight excluding hydrogens is 306 g/mol. The molecule has 0 saturated heterocycles. The molecule has 3 rings (SSSR count). The SMILES string of the molecule is CCC(CO)NCc1cccc2c(=O)c3ccc(OC)cc3oc12. The maximum absolute atomic E-state index is 12.7. The van der Waals surface area contributed by atoms with Gasteiger partial charge in [-0.25, -0.2) is 0 Å². The summed E-state index contributed by atoms with van der Waals surface area (Å²) in [6.07, 6.45) is 0.825. The van der Waals surface area contributed by atoms with Gasteiger partial charge in [-0.15, -0.1) is 0 Å². The highest BCUT2D eigenvalue weighted by Crippen LogP contribution is 2.25. The van der Waals surface area contributed by atoms with E-state index in [1.54, 1.807) is 31.4 Å².